The summed E-state index contributed by atoms with van der Waals surface area (Å²) in [6.07, 6.45) is 2.16. The third-order valence-electron chi connectivity index (χ3n) is 4.29. The summed E-state index contributed by atoms with van der Waals surface area (Å²) in [4.78, 5) is 26.5. The van der Waals surface area contributed by atoms with Crippen molar-refractivity contribution >= 4 is 45.8 Å². The fraction of sp³-hybridized carbons (Fsp3) is 0.150. The van der Waals surface area contributed by atoms with Gasteiger partial charge in [-0.05, 0) is 36.0 Å². The first kappa shape index (κ1) is 19.5. The maximum Gasteiger partial charge on any atom is 0.320 e. The molecule has 28 heavy (non-hydrogen) atoms. The first-order valence-corrected chi connectivity index (χ1v) is 9.06. The van der Waals surface area contributed by atoms with E-state index in [9.17, 15) is 9.59 Å². The van der Waals surface area contributed by atoms with Crippen molar-refractivity contribution < 1.29 is 14.7 Å². The number of aromatic nitrogens is 1. The SMILES string of the molecule is NC(Cc1c[nH]c2ccccc12)C(=O)O.O=C1CN(c2ccccc2)C(=S)N1. The molecule has 5 N–H and O–H groups in total. The summed E-state index contributed by atoms with van der Waals surface area (Å²) in [6, 6.07) is 16.5. The zero-order valence-electron chi connectivity index (χ0n) is 15.0. The predicted octanol–water partition coefficient (Wildman–Crippen LogP) is 2.03. The molecule has 1 amide bonds. The quantitative estimate of drug-likeness (QED) is 0.502. The summed E-state index contributed by atoms with van der Waals surface area (Å²) >= 11 is 4.99. The van der Waals surface area contributed by atoms with Gasteiger partial charge in [0.25, 0.3) is 0 Å². The lowest BCUT2D eigenvalue weighted by Gasteiger charge is -2.14. The molecule has 0 saturated carbocycles. The van der Waals surface area contributed by atoms with Crippen LogP contribution >= 0.6 is 12.2 Å². The fourth-order valence-electron chi connectivity index (χ4n) is 2.88. The topological polar surface area (TPSA) is 111 Å². The highest BCUT2D eigenvalue weighted by molar-refractivity contribution is 7.80. The Hall–Kier alpha value is -3.23. The normalized spacial score (nSPS) is 14.4. The molecule has 144 valence electrons. The Morgan fingerprint density at radius 1 is 1.18 bits per heavy atom. The second-order valence-electron chi connectivity index (χ2n) is 6.28. The van der Waals surface area contributed by atoms with Crippen LogP contribution in [0, 0.1) is 0 Å². The highest BCUT2D eigenvalue weighted by atomic mass is 32.1. The number of hydrogen-bond acceptors (Lipinski definition) is 4. The zero-order valence-corrected chi connectivity index (χ0v) is 15.8. The number of fused-ring (bicyclic) bond motifs is 1. The van der Waals surface area contributed by atoms with Crippen molar-refractivity contribution in [2.45, 2.75) is 12.5 Å². The molecule has 4 rings (SSSR count). The average molecular weight is 396 g/mol. The van der Waals surface area contributed by atoms with Gasteiger partial charge in [-0.1, -0.05) is 36.4 Å². The molecule has 1 saturated heterocycles. The van der Waals surface area contributed by atoms with E-state index < -0.39 is 12.0 Å². The van der Waals surface area contributed by atoms with Gasteiger partial charge in [-0.2, -0.15) is 0 Å². The minimum absolute atomic E-state index is 0.0474. The number of aliphatic carboxylic acids is 1. The number of carboxylic acid groups (broad SMARTS) is 1. The van der Waals surface area contributed by atoms with E-state index in [4.69, 9.17) is 23.1 Å². The van der Waals surface area contributed by atoms with E-state index in [1.165, 1.54) is 0 Å². The molecule has 1 atom stereocenters. The average Bonchev–Trinajstić information content (AvgIpc) is 3.25. The smallest absolute Gasteiger partial charge is 0.320 e. The molecule has 0 aliphatic carbocycles. The van der Waals surface area contributed by atoms with E-state index in [1.54, 1.807) is 4.90 Å². The molecule has 2 heterocycles. The van der Waals surface area contributed by atoms with Crippen molar-refractivity contribution in [3.8, 4) is 0 Å². The summed E-state index contributed by atoms with van der Waals surface area (Å²) in [5.74, 6) is -1.02. The van der Waals surface area contributed by atoms with Crippen molar-refractivity contribution in [3.63, 3.8) is 0 Å². The van der Waals surface area contributed by atoms with E-state index in [-0.39, 0.29) is 5.91 Å². The van der Waals surface area contributed by atoms with Crippen molar-refractivity contribution in [2.24, 2.45) is 5.73 Å². The molecule has 1 aromatic heterocycles. The lowest BCUT2D eigenvalue weighted by Crippen LogP contribution is -2.32. The number of rotatable bonds is 4. The van der Waals surface area contributed by atoms with Crippen LogP contribution in [0.15, 0.2) is 60.8 Å². The zero-order chi connectivity index (χ0) is 20.1. The van der Waals surface area contributed by atoms with Crippen LogP contribution in [0.25, 0.3) is 10.9 Å². The van der Waals surface area contributed by atoms with Crippen LogP contribution in [0.1, 0.15) is 5.56 Å². The van der Waals surface area contributed by atoms with Crippen molar-refractivity contribution in [3.05, 3.63) is 66.4 Å². The third kappa shape index (κ3) is 4.54. The summed E-state index contributed by atoms with van der Waals surface area (Å²) in [5, 5.41) is 12.8. The molecule has 1 aliphatic heterocycles. The first-order valence-electron chi connectivity index (χ1n) is 8.65. The largest absolute Gasteiger partial charge is 0.480 e. The molecule has 3 aromatic rings. The molecule has 1 fully saturated rings. The number of carboxylic acids is 1. The van der Waals surface area contributed by atoms with Crippen LogP contribution < -0.4 is 16.0 Å². The molecular formula is C20H20N4O3S. The summed E-state index contributed by atoms with van der Waals surface area (Å²) < 4.78 is 0. The number of aromatic amines is 1. The van der Waals surface area contributed by atoms with Gasteiger partial charge in [-0.25, -0.2) is 0 Å². The lowest BCUT2D eigenvalue weighted by molar-refractivity contribution is -0.138. The van der Waals surface area contributed by atoms with Gasteiger partial charge in [0, 0.05) is 29.2 Å². The molecule has 0 spiro atoms. The number of amides is 1. The summed E-state index contributed by atoms with van der Waals surface area (Å²) in [7, 11) is 0. The van der Waals surface area contributed by atoms with Crippen LogP contribution in [0.4, 0.5) is 5.69 Å². The van der Waals surface area contributed by atoms with Crippen molar-refractivity contribution in [2.75, 3.05) is 11.4 Å². The van der Waals surface area contributed by atoms with Crippen LogP contribution in [-0.2, 0) is 16.0 Å². The molecule has 0 radical (unpaired) electrons. The Balaban J connectivity index is 0.000000162. The number of carbonyl (C=O) groups excluding carboxylic acids is 1. The number of nitrogens with one attached hydrogen (secondary N) is 2. The van der Waals surface area contributed by atoms with Gasteiger partial charge in [-0.3, -0.25) is 9.59 Å². The third-order valence-corrected chi connectivity index (χ3v) is 4.62. The van der Waals surface area contributed by atoms with Gasteiger partial charge in [0.05, 0.1) is 0 Å². The van der Waals surface area contributed by atoms with Crippen molar-refractivity contribution in [1.82, 2.24) is 10.3 Å². The highest BCUT2D eigenvalue weighted by Crippen LogP contribution is 2.18. The Labute approximate surface area is 167 Å². The number of nitrogens with two attached hydrogens (primary N) is 1. The molecule has 1 aliphatic rings. The number of anilines is 1. The number of para-hydroxylation sites is 2. The fourth-order valence-corrected chi connectivity index (χ4v) is 3.17. The predicted molar refractivity (Wildman–Crippen MR) is 112 cm³/mol. The first-order chi connectivity index (χ1) is 13.5. The van der Waals surface area contributed by atoms with Gasteiger partial charge in [0.2, 0.25) is 5.91 Å². The van der Waals surface area contributed by atoms with Crippen molar-refractivity contribution in [1.29, 1.82) is 0 Å². The van der Waals surface area contributed by atoms with Gasteiger partial charge >= 0.3 is 5.97 Å². The molecule has 8 heteroatoms. The van der Waals surface area contributed by atoms with Gasteiger partial charge in [0.1, 0.15) is 12.6 Å². The summed E-state index contributed by atoms with van der Waals surface area (Å²) in [5.41, 5.74) is 8.38. The molecule has 1 unspecified atom stereocenters. The second kappa shape index (κ2) is 8.64. The number of nitrogens with zero attached hydrogens (tertiary/aromatic N) is 1. The minimum Gasteiger partial charge on any atom is -0.480 e. The van der Waals surface area contributed by atoms with Gasteiger partial charge in [-0.15, -0.1) is 0 Å². The number of thiocarbonyl (C=S) groups is 1. The van der Waals surface area contributed by atoms with Crippen LogP contribution in [0.2, 0.25) is 0 Å². The molecule has 0 bridgehead atoms. The van der Waals surface area contributed by atoms with Gasteiger partial charge < -0.3 is 26.0 Å². The molecule has 2 aromatic carbocycles. The van der Waals surface area contributed by atoms with E-state index in [2.05, 4.69) is 10.3 Å². The lowest BCUT2D eigenvalue weighted by atomic mass is 10.1. The number of H-pyrrole nitrogens is 1. The maximum atomic E-state index is 11.0. The molecule has 7 nitrogen and oxygen atoms in total. The Morgan fingerprint density at radius 3 is 2.50 bits per heavy atom. The van der Waals surface area contributed by atoms with Gasteiger partial charge in [0.15, 0.2) is 5.11 Å². The Bertz CT molecular complexity index is 1000. The van der Waals surface area contributed by atoms with Crippen LogP contribution in [-0.4, -0.2) is 39.7 Å². The van der Waals surface area contributed by atoms with Crippen LogP contribution in [0.3, 0.4) is 0 Å². The van der Waals surface area contributed by atoms with Crippen LogP contribution in [0.5, 0.6) is 0 Å². The maximum absolute atomic E-state index is 11.0. The van der Waals surface area contributed by atoms with E-state index in [0.717, 1.165) is 22.2 Å². The molecular weight excluding hydrogens is 376 g/mol. The summed E-state index contributed by atoms with van der Waals surface area (Å²) in [6.45, 7) is 0.322. The highest BCUT2D eigenvalue weighted by Gasteiger charge is 2.24. The van der Waals surface area contributed by atoms with E-state index in [1.807, 2.05) is 60.8 Å². The minimum atomic E-state index is -0.972. The van der Waals surface area contributed by atoms with E-state index >= 15 is 0 Å². The Kier molecular flexibility index (Phi) is 6.03. The Morgan fingerprint density at radius 2 is 1.86 bits per heavy atom. The number of hydrogen-bond donors (Lipinski definition) is 4. The monoisotopic (exact) mass is 396 g/mol. The standard InChI is InChI=1S/C11H12N2O2.C9H8N2OS/c12-9(11(14)15)5-7-6-13-10-4-2-1-3-8(7)10;12-8-6-11(9(13)10-8)7-4-2-1-3-5-7/h1-4,6,9,13H,5,12H2,(H,14,15);1-5H,6H2,(H,10,12,13). The van der Waals surface area contributed by atoms with E-state index in [0.29, 0.717) is 18.1 Å². The number of carbonyl (C=O) groups is 2. The second-order valence-corrected chi connectivity index (χ2v) is 6.67. The number of benzene rings is 2.